The van der Waals surface area contributed by atoms with Crippen molar-refractivity contribution in [3.8, 4) is 0 Å². The summed E-state index contributed by atoms with van der Waals surface area (Å²) >= 11 is 0. The number of rotatable bonds is 3. The predicted octanol–water partition coefficient (Wildman–Crippen LogP) is 2.11. The van der Waals surface area contributed by atoms with Crippen molar-refractivity contribution < 1.29 is 10.0 Å². The van der Waals surface area contributed by atoms with E-state index in [1.165, 1.54) is 6.07 Å². The largest absolute Gasteiger partial charge is 0.394 e. The predicted molar refractivity (Wildman–Crippen MR) is 69.8 cm³/mol. The molecular formula is C13H18N2O3. The number of hydrogen-bond donors (Lipinski definition) is 1. The second kappa shape index (κ2) is 4.94. The molecule has 0 bridgehead atoms. The van der Waals surface area contributed by atoms with Gasteiger partial charge in [-0.2, -0.15) is 0 Å². The van der Waals surface area contributed by atoms with E-state index in [-0.39, 0.29) is 23.3 Å². The van der Waals surface area contributed by atoms with Crippen LogP contribution in [0.5, 0.6) is 0 Å². The highest BCUT2D eigenvalue weighted by molar-refractivity contribution is 5.62. The molecule has 1 N–H and O–H groups in total. The Labute approximate surface area is 106 Å². The maximum Gasteiger partial charge on any atom is 0.274 e. The Bertz CT molecular complexity index is 462. The van der Waals surface area contributed by atoms with E-state index >= 15 is 0 Å². The second-order valence-corrected chi connectivity index (χ2v) is 4.89. The number of nitro groups is 1. The standard InChI is InChI=1S/C13H18N2O3/c1-9-6-7-14(13(9)8-16)11-4-3-5-12(10(11)2)15(17)18/h3-5,9,13,16H,6-8H2,1-2H3. The van der Waals surface area contributed by atoms with Crippen LogP contribution in [0.3, 0.4) is 0 Å². The summed E-state index contributed by atoms with van der Waals surface area (Å²) in [6, 6.07) is 5.18. The molecule has 5 heteroatoms. The third-order valence-corrected chi connectivity index (χ3v) is 3.85. The number of hydrogen-bond acceptors (Lipinski definition) is 4. The summed E-state index contributed by atoms with van der Waals surface area (Å²) < 4.78 is 0. The van der Waals surface area contributed by atoms with Crippen LogP contribution in [0.4, 0.5) is 11.4 Å². The molecule has 0 aliphatic carbocycles. The van der Waals surface area contributed by atoms with Crippen molar-refractivity contribution in [2.24, 2.45) is 5.92 Å². The minimum Gasteiger partial charge on any atom is -0.394 e. The zero-order valence-corrected chi connectivity index (χ0v) is 10.7. The molecule has 98 valence electrons. The molecule has 5 nitrogen and oxygen atoms in total. The number of benzene rings is 1. The van der Waals surface area contributed by atoms with Gasteiger partial charge >= 0.3 is 0 Å². The average molecular weight is 250 g/mol. The summed E-state index contributed by atoms with van der Waals surface area (Å²) in [6.07, 6.45) is 1.01. The van der Waals surface area contributed by atoms with Gasteiger partial charge in [-0.15, -0.1) is 0 Å². The Morgan fingerprint density at radius 3 is 2.89 bits per heavy atom. The molecule has 0 spiro atoms. The van der Waals surface area contributed by atoms with E-state index < -0.39 is 0 Å². The molecule has 2 rings (SSSR count). The topological polar surface area (TPSA) is 66.6 Å². The summed E-state index contributed by atoms with van der Waals surface area (Å²) in [7, 11) is 0. The molecule has 1 aromatic carbocycles. The van der Waals surface area contributed by atoms with E-state index in [1.54, 1.807) is 13.0 Å². The van der Waals surface area contributed by atoms with Crippen LogP contribution in [0.25, 0.3) is 0 Å². The maximum atomic E-state index is 10.9. The molecule has 1 heterocycles. The highest BCUT2D eigenvalue weighted by atomic mass is 16.6. The third kappa shape index (κ3) is 2.06. The Kier molecular flexibility index (Phi) is 3.52. The Morgan fingerprint density at radius 1 is 1.56 bits per heavy atom. The van der Waals surface area contributed by atoms with E-state index in [4.69, 9.17) is 0 Å². The van der Waals surface area contributed by atoms with Crippen LogP contribution >= 0.6 is 0 Å². The Balaban J connectivity index is 2.40. The van der Waals surface area contributed by atoms with Gasteiger partial charge in [-0.3, -0.25) is 10.1 Å². The quantitative estimate of drug-likeness (QED) is 0.659. The van der Waals surface area contributed by atoms with Crippen molar-refractivity contribution in [2.75, 3.05) is 18.1 Å². The fourth-order valence-electron chi connectivity index (χ4n) is 2.71. The lowest BCUT2D eigenvalue weighted by molar-refractivity contribution is -0.385. The van der Waals surface area contributed by atoms with Crippen molar-refractivity contribution >= 4 is 11.4 Å². The molecule has 0 amide bonds. The van der Waals surface area contributed by atoms with E-state index in [2.05, 4.69) is 11.8 Å². The van der Waals surface area contributed by atoms with Crippen LogP contribution < -0.4 is 4.90 Å². The van der Waals surface area contributed by atoms with Crippen molar-refractivity contribution in [1.82, 2.24) is 0 Å². The van der Waals surface area contributed by atoms with Crippen LogP contribution in [0.2, 0.25) is 0 Å². The van der Waals surface area contributed by atoms with E-state index in [0.29, 0.717) is 11.5 Å². The summed E-state index contributed by atoms with van der Waals surface area (Å²) in [5.41, 5.74) is 1.69. The molecular weight excluding hydrogens is 232 g/mol. The van der Waals surface area contributed by atoms with Gasteiger partial charge in [0, 0.05) is 18.3 Å². The van der Waals surface area contributed by atoms with Gasteiger partial charge < -0.3 is 10.0 Å². The SMILES string of the molecule is Cc1c(N2CCC(C)C2CO)cccc1[N+](=O)[O-]. The van der Waals surface area contributed by atoms with Crippen LogP contribution in [-0.2, 0) is 0 Å². The van der Waals surface area contributed by atoms with E-state index in [1.807, 2.05) is 6.07 Å². The first-order valence-corrected chi connectivity index (χ1v) is 6.17. The number of anilines is 1. The van der Waals surface area contributed by atoms with Gasteiger partial charge in [0.25, 0.3) is 5.69 Å². The number of nitrogens with zero attached hydrogens (tertiary/aromatic N) is 2. The zero-order valence-electron chi connectivity index (χ0n) is 10.7. The highest BCUT2D eigenvalue weighted by Crippen LogP contribution is 2.34. The molecule has 2 atom stereocenters. The second-order valence-electron chi connectivity index (χ2n) is 4.89. The summed E-state index contributed by atoms with van der Waals surface area (Å²) in [6.45, 7) is 4.80. The van der Waals surface area contributed by atoms with Crippen LogP contribution in [-0.4, -0.2) is 29.2 Å². The average Bonchev–Trinajstić information content (AvgIpc) is 2.70. The Hall–Kier alpha value is -1.62. The van der Waals surface area contributed by atoms with Gasteiger partial charge in [-0.1, -0.05) is 13.0 Å². The molecule has 1 aromatic rings. The monoisotopic (exact) mass is 250 g/mol. The molecule has 1 saturated heterocycles. The van der Waals surface area contributed by atoms with Crippen molar-refractivity contribution in [2.45, 2.75) is 26.3 Å². The first-order chi connectivity index (χ1) is 8.56. The number of aliphatic hydroxyl groups is 1. The molecule has 18 heavy (non-hydrogen) atoms. The summed E-state index contributed by atoms with van der Waals surface area (Å²) in [4.78, 5) is 12.7. The maximum absolute atomic E-state index is 10.9. The third-order valence-electron chi connectivity index (χ3n) is 3.85. The van der Waals surface area contributed by atoms with E-state index in [0.717, 1.165) is 18.7 Å². The lowest BCUT2D eigenvalue weighted by Crippen LogP contribution is -2.35. The molecule has 0 saturated carbocycles. The smallest absolute Gasteiger partial charge is 0.274 e. The molecule has 0 radical (unpaired) electrons. The summed E-state index contributed by atoms with van der Waals surface area (Å²) in [5, 5.41) is 20.4. The van der Waals surface area contributed by atoms with Crippen LogP contribution in [0.1, 0.15) is 18.9 Å². The fraction of sp³-hybridized carbons (Fsp3) is 0.538. The molecule has 1 aliphatic heterocycles. The minimum absolute atomic E-state index is 0.0608. The van der Waals surface area contributed by atoms with Gasteiger partial charge in [0.2, 0.25) is 0 Å². The van der Waals surface area contributed by atoms with Crippen LogP contribution in [0, 0.1) is 23.0 Å². The molecule has 1 aliphatic rings. The minimum atomic E-state index is -0.355. The zero-order chi connectivity index (χ0) is 13.3. The highest BCUT2D eigenvalue weighted by Gasteiger charge is 2.32. The summed E-state index contributed by atoms with van der Waals surface area (Å²) in [5.74, 6) is 0.411. The fourth-order valence-corrected chi connectivity index (χ4v) is 2.71. The molecule has 1 fully saturated rings. The van der Waals surface area contributed by atoms with Crippen molar-refractivity contribution in [3.63, 3.8) is 0 Å². The van der Waals surface area contributed by atoms with Gasteiger partial charge in [0.05, 0.1) is 23.1 Å². The van der Waals surface area contributed by atoms with Gasteiger partial charge in [-0.25, -0.2) is 0 Å². The number of aliphatic hydroxyl groups excluding tert-OH is 1. The first kappa shape index (κ1) is 12.8. The van der Waals surface area contributed by atoms with Crippen molar-refractivity contribution in [3.05, 3.63) is 33.9 Å². The first-order valence-electron chi connectivity index (χ1n) is 6.17. The van der Waals surface area contributed by atoms with Crippen LogP contribution in [0.15, 0.2) is 18.2 Å². The number of nitro benzene ring substituents is 1. The van der Waals surface area contributed by atoms with Crippen molar-refractivity contribution in [1.29, 1.82) is 0 Å². The lowest BCUT2D eigenvalue weighted by atomic mass is 10.0. The molecule has 2 unspecified atom stereocenters. The molecule has 0 aromatic heterocycles. The van der Waals surface area contributed by atoms with E-state index in [9.17, 15) is 15.2 Å². The lowest BCUT2D eigenvalue weighted by Gasteiger charge is -2.28. The normalized spacial score (nSPS) is 23.4. The van der Waals surface area contributed by atoms with Gasteiger partial charge in [0.1, 0.15) is 0 Å². The van der Waals surface area contributed by atoms with Gasteiger partial charge in [0.15, 0.2) is 0 Å². The Morgan fingerprint density at radius 2 is 2.28 bits per heavy atom. The van der Waals surface area contributed by atoms with Gasteiger partial charge in [-0.05, 0) is 25.3 Å².